The van der Waals surface area contributed by atoms with E-state index in [1.165, 1.54) is 0 Å². The van der Waals surface area contributed by atoms with Gasteiger partial charge in [-0.25, -0.2) is 4.79 Å². The van der Waals surface area contributed by atoms with Crippen molar-refractivity contribution >= 4 is 11.9 Å². The summed E-state index contributed by atoms with van der Waals surface area (Å²) in [6, 6.07) is 8.67. The van der Waals surface area contributed by atoms with Gasteiger partial charge in [0.15, 0.2) is 6.10 Å². The van der Waals surface area contributed by atoms with E-state index < -0.39 is 18.1 Å². The topological polar surface area (TPSA) is 113 Å². The number of aliphatic hydroxyl groups excluding tert-OH is 1. The minimum atomic E-state index is -1.47. The summed E-state index contributed by atoms with van der Waals surface area (Å²) in [6.07, 6.45) is -1.10. The molecule has 6 heteroatoms. The first kappa shape index (κ1) is 15.1. The molecule has 0 aromatic heterocycles. The molecule has 1 aromatic rings. The van der Waals surface area contributed by atoms with Crippen molar-refractivity contribution in [2.45, 2.75) is 25.0 Å². The van der Waals surface area contributed by atoms with Gasteiger partial charge in [-0.1, -0.05) is 30.3 Å². The fourth-order valence-electron chi connectivity index (χ4n) is 1.55. The third kappa shape index (κ3) is 5.50. The van der Waals surface area contributed by atoms with E-state index in [1.807, 2.05) is 30.3 Å². The number of nitrogens with one attached hydrogen (secondary N) is 1. The quantitative estimate of drug-likeness (QED) is 0.532. The first-order valence-corrected chi connectivity index (χ1v) is 5.99. The molecule has 0 heterocycles. The average molecular weight is 266 g/mol. The number of rotatable bonds is 7. The fourth-order valence-corrected chi connectivity index (χ4v) is 1.55. The number of carbonyl (C=O) groups is 2. The summed E-state index contributed by atoms with van der Waals surface area (Å²) in [5.41, 5.74) is 6.69. The van der Waals surface area contributed by atoms with E-state index in [2.05, 4.69) is 5.32 Å². The maximum atomic E-state index is 11.6. The molecule has 0 spiro atoms. The van der Waals surface area contributed by atoms with Gasteiger partial charge < -0.3 is 21.3 Å². The number of aliphatic hydroxyl groups is 1. The van der Waals surface area contributed by atoms with Crippen LogP contribution in [0.5, 0.6) is 0 Å². The van der Waals surface area contributed by atoms with Crippen LogP contribution in [0.3, 0.4) is 0 Å². The predicted octanol–water partition coefficient (Wildman–Crippen LogP) is -0.492. The number of benzene rings is 1. The number of carbonyl (C=O) groups excluding carboxylic acids is 1. The van der Waals surface area contributed by atoms with Crippen molar-refractivity contribution in [3.63, 3.8) is 0 Å². The molecule has 0 unspecified atom stereocenters. The molecule has 2 atom stereocenters. The Hall–Kier alpha value is -1.92. The lowest BCUT2D eigenvalue weighted by Gasteiger charge is -2.13. The van der Waals surface area contributed by atoms with Gasteiger partial charge in [0.1, 0.15) is 0 Å². The van der Waals surface area contributed by atoms with Crippen molar-refractivity contribution < 1.29 is 19.8 Å². The Bertz CT molecular complexity index is 422. The minimum Gasteiger partial charge on any atom is -0.479 e. The number of amides is 1. The zero-order chi connectivity index (χ0) is 14.3. The molecule has 6 nitrogen and oxygen atoms in total. The summed E-state index contributed by atoms with van der Waals surface area (Å²) >= 11 is 0. The van der Waals surface area contributed by atoms with E-state index in [4.69, 9.17) is 15.9 Å². The second kappa shape index (κ2) is 7.50. The molecule has 0 fully saturated rings. The summed E-state index contributed by atoms with van der Waals surface area (Å²) < 4.78 is 0. The maximum Gasteiger partial charge on any atom is 0.332 e. The number of nitrogens with two attached hydrogens (primary N) is 1. The van der Waals surface area contributed by atoms with Crippen LogP contribution >= 0.6 is 0 Å². The zero-order valence-electron chi connectivity index (χ0n) is 10.5. The Kier molecular flexibility index (Phi) is 5.98. The fraction of sp³-hybridized carbons (Fsp3) is 0.385. The highest BCUT2D eigenvalue weighted by Gasteiger charge is 2.16. The molecular weight excluding hydrogens is 248 g/mol. The summed E-state index contributed by atoms with van der Waals surface area (Å²) in [7, 11) is 0. The molecule has 19 heavy (non-hydrogen) atoms. The van der Waals surface area contributed by atoms with Crippen molar-refractivity contribution in [1.29, 1.82) is 0 Å². The van der Waals surface area contributed by atoms with E-state index in [9.17, 15) is 9.59 Å². The first-order chi connectivity index (χ1) is 9.00. The summed E-state index contributed by atoms with van der Waals surface area (Å²) in [5, 5.41) is 20.0. The molecular formula is C13H18N2O4. The van der Waals surface area contributed by atoms with Crippen LogP contribution in [0.15, 0.2) is 30.3 Å². The van der Waals surface area contributed by atoms with Gasteiger partial charge in [0.25, 0.3) is 0 Å². The molecule has 0 saturated heterocycles. The lowest BCUT2D eigenvalue weighted by molar-refractivity contribution is -0.147. The molecule has 1 amide bonds. The number of carboxylic acid groups (broad SMARTS) is 1. The largest absolute Gasteiger partial charge is 0.479 e. The maximum absolute atomic E-state index is 11.6. The molecule has 0 radical (unpaired) electrons. The van der Waals surface area contributed by atoms with Crippen LogP contribution in [0.2, 0.25) is 0 Å². The average Bonchev–Trinajstić information content (AvgIpc) is 2.39. The number of hydrogen-bond acceptors (Lipinski definition) is 4. The van der Waals surface area contributed by atoms with Gasteiger partial charge in [-0.2, -0.15) is 0 Å². The summed E-state index contributed by atoms with van der Waals surface area (Å²) in [4.78, 5) is 22.0. The second-order valence-corrected chi connectivity index (χ2v) is 4.23. The van der Waals surface area contributed by atoms with Gasteiger partial charge in [-0.05, 0) is 12.0 Å². The van der Waals surface area contributed by atoms with Crippen molar-refractivity contribution in [3.05, 3.63) is 35.9 Å². The van der Waals surface area contributed by atoms with Crippen LogP contribution in [-0.2, 0) is 16.0 Å². The molecule has 5 N–H and O–H groups in total. The Morgan fingerprint density at radius 3 is 2.47 bits per heavy atom. The molecule has 0 aliphatic heterocycles. The third-order valence-corrected chi connectivity index (χ3v) is 2.64. The van der Waals surface area contributed by atoms with E-state index in [0.29, 0.717) is 6.42 Å². The van der Waals surface area contributed by atoms with Crippen LogP contribution in [0.25, 0.3) is 0 Å². The summed E-state index contributed by atoms with van der Waals surface area (Å²) in [6.45, 7) is 0.0782. The standard InChI is InChI=1S/C13H18N2O4/c14-10(8-9-4-2-1-3-5-9)12(17)15-7-6-11(16)13(18)19/h1-5,10-11,16H,6-8,14H2,(H,15,17)(H,18,19)/t10-,11+/m1/s1. The van der Waals surface area contributed by atoms with Crippen molar-refractivity contribution in [2.24, 2.45) is 5.73 Å². The smallest absolute Gasteiger partial charge is 0.332 e. The predicted molar refractivity (Wildman–Crippen MR) is 69.4 cm³/mol. The van der Waals surface area contributed by atoms with Crippen LogP contribution < -0.4 is 11.1 Å². The Labute approximate surface area is 111 Å². The lowest BCUT2D eigenvalue weighted by Crippen LogP contribution is -2.43. The van der Waals surface area contributed by atoms with Crippen LogP contribution in [0, 0.1) is 0 Å². The molecule has 0 aliphatic rings. The molecule has 1 aromatic carbocycles. The Balaban J connectivity index is 2.31. The monoisotopic (exact) mass is 266 g/mol. The minimum absolute atomic E-state index is 0.0425. The van der Waals surface area contributed by atoms with Gasteiger partial charge in [-0.3, -0.25) is 4.79 Å². The molecule has 0 bridgehead atoms. The van der Waals surface area contributed by atoms with Gasteiger partial charge in [0, 0.05) is 13.0 Å². The zero-order valence-corrected chi connectivity index (χ0v) is 10.5. The van der Waals surface area contributed by atoms with Crippen molar-refractivity contribution in [1.82, 2.24) is 5.32 Å². The Morgan fingerprint density at radius 2 is 1.89 bits per heavy atom. The molecule has 0 saturated carbocycles. The molecule has 104 valence electrons. The second-order valence-electron chi connectivity index (χ2n) is 4.23. The van der Waals surface area contributed by atoms with Crippen molar-refractivity contribution in [2.75, 3.05) is 6.54 Å². The van der Waals surface area contributed by atoms with E-state index in [1.54, 1.807) is 0 Å². The normalized spacial score (nSPS) is 13.6. The number of hydrogen-bond donors (Lipinski definition) is 4. The van der Waals surface area contributed by atoms with Gasteiger partial charge in [-0.15, -0.1) is 0 Å². The highest BCUT2D eigenvalue weighted by molar-refractivity contribution is 5.81. The van der Waals surface area contributed by atoms with Gasteiger partial charge >= 0.3 is 5.97 Å². The van der Waals surface area contributed by atoms with E-state index in [0.717, 1.165) is 5.56 Å². The SMILES string of the molecule is N[C@H](Cc1ccccc1)C(=O)NCC[C@H](O)C(=O)O. The third-order valence-electron chi connectivity index (χ3n) is 2.64. The lowest BCUT2D eigenvalue weighted by atomic mass is 10.1. The highest BCUT2D eigenvalue weighted by Crippen LogP contribution is 2.01. The van der Waals surface area contributed by atoms with E-state index in [-0.39, 0.29) is 18.9 Å². The molecule has 1 rings (SSSR count). The highest BCUT2D eigenvalue weighted by atomic mass is 16.4. The first-order valence-electron chi connectivity index (χ1n) is 5.99. The summed E-state index contributed by atoms with van der Waals surface area (Å²) in [5.74, 6) is -1.66. The van der Waals surface area contributed by atoms with Crippen LogP contribution in [-0.4, -0.2) is 40.8 Å². The van der Waals surface area contributed by atoms with Crippen molar-refractivity contribution in [3.8, 4) is 0 Å². The molecule has 0 aliphatic carbocycles. The van der Waals surface area contributed by atoms with Gasteiger partial charge in [0.05, 0.1) is 6.04 Å². The van der Waals surface area contributed by atoms with Crippen LogP contribution in [0.4, 0.5) is 0 Å². The van der Waals surface area contributed by atoms with Gasteiger partial charge in [0.2, 0.25) is 5.91 Å². The van der Waals surface area contributed by atoms with Crippen LogP contribution in [0.1, 0.15) is 12.0 Å². The Morgan fingerprint density at radius 1 is 1.26 bits per heavy atom. The van der Waals surface area contributed by atoms with E-state index >= 15 is 0 Å². The number of carboxylic acids is 1. The number of aliphatic carboxylic acids is 1.